The lowest BCUT2D eigenvalue weighted by atomic mass is 10.1. The van der Waals surface area contributed by atoms with Crippen molar-refractivity contribution in [3.63, 3.8) is 0 Å². The largest absolute Gasteiger partial charge is 0.497 e. The van der Waals surface area contributed by atoms with Gasteiger partial charge in [-0.05, 0) is 55.3 Å². The molecule has 1 aliphatic heterocycles. The van der Waals surface area contributed by atoms with Crippen LogP contribution in [-0.4, -0.2) is 49.1 Å². The van der Waals surface area contributed by atoms with Gasteiger partial charge in [-0.1, -0.05) is 12.1 Å². The number of aromatic nitrogens is 1. The van der Waals surface area contributed by atoms with E-state index in [0.717, 1.165) is 29.4 Å². The molecule has 0 spiro atoms. The predicted octanol–water partition coefficient (Wildman–Crippen LogP) is 4.40. The van der Waals surface area contributed by atoms with Crippen LogP contribution < -0.4 is 9.64 Å². The number of carbonyl (C=O) groups excluding carboxylic acids is 1. The van der Waals surface area contributed by atoms with Crippen molar-refractivity contribution in [1.29, 1.82) is 0 Å². The van der Waals surface area contributed by atoms with Crippen LogP contribution in [0.2, 0.25) is 0 Å². The number of thiazole rings is 1. The molecule has 0 unspecified atom stereocenters. The number of hydrogen-bond donors (Lipinski definition) is 0. The minimum atomic E-state index is 0.0154. The lowest BCUT2D eigenvalue weighted by molar-refractivity contribution is 0.0742. The number of anilines is 1. The molecule has 6 heteroatoms. The number of aryl methyl sites for hydroxylation is 1. The van der Waals surface area contributed by atoms with Gasteiger partial charge >= 0.3 is 0 Å². The average Bonchev–Trinajstić information content (AvgIpc) is 3.26. The molecule has 1 saturated heterocycles. The molecule has 1 amide bonds. The lowest BCUT2D eigenvalue weighted by Crippen LogP contribution is -2.49. The summed E-state index contributed by atoms with van der Waals surface area (Å²) < 4.78 is 5.20. The zero-order chi connectivity index (χ0) is 20.4. The topological polar surface area (TPSA) is 45.7 Å². The minimum absolute atomic E-state index is 0.0154. The third-order valence-corrected chi connectivity index (χ3v) is 6.44. The standard InChI is InChI=1S/C23H25N3O2S/c1-16-5-4-6-21(17(16)2)25-11-13-26(14-12-25)23(27)20-15-29-22(24-20)18-7-9-19(28-3)10-8-18/h4-10,15H,11-14H2,1-3H3. The molecule has 1 aromatic heterocycles. The van der Waals surface area contributed by atoms with Crippen molar-refractivity contribution in [2.45, 2.75) is 13.8 Å². The SMILES string of the molecule is COc1ccc(-c2nc(C(=O)N3CCN(c4cccc(C)c4C)CC3)cs2)cc1. The zero-order valence-corrected chi connectivity index (χ0v) is 17.8. The van der Waals surface area contributed by atoms with Gasteiger partial charge in [-0.3, -0.25) is 4.79 Å². The Bertz CT molecular complexity index is 1010. The minimum Gasteiger partial charge on any atom is -0.497 e. The fraction of sp³-hybridized carbons (Fsp3) is 0.304. The number of carbonyl (C=O) groups is 1. The van der Waals surface area contributed by atoms with Gasteiger partial charge in [0.15, 0.2) is 0 Å². The van der Waals surface area contributed by atoms with Crippen LogP contribution in [0.3, 0.4) is 0 Å². The van der Waals surface area contributed by atoms with Crippen LogP contribution in [0.15, 0.2) is 47.8 Å². The Labute approximate surface area is 175 Å². The first kappa shape index (κ1) is 19.5. The summed E-state index contributed by atoms with van der Waals surface area (Å²) in [6.07, 6.45) is 0. The predicted molar refractivity (Wildman–Crippen MR) is 118 cm³/mol. The number of amides is 1. The van der Waals surface area contributed by atoms with Gasteiger partial charge in [-0.15, -0.1) is 11.3 Å². The zero-order valence-electron chi connectivity index (χ0n) is 17.0. The second-order valence-corrected chi connectivity index (χ2v) is 8.12. The van der Waals surface area contributed by atoms with Crippen LogP contribution in [0.5, 0.6) is 5.75 Å². The molecule has 0 saturated carbocycles. The summed E-state index contributed by atoms with van der Waals surface area (Å²) in [4.78, 5) is 21.8. The summed E-state index contributed by atoms with van der Waals surface area (Å²) in [5.74, 6) is 0.824. The summed E-state index contributed by atoms with van der Waals surface area (Å²) in [7, 11) is 1.65. The Kier molecular flexibility index (Phi) is 5.53. The molecule has 0 atom stereocenters. The first-order chi connectivity index (χ1) is 14.1. The fourth-order valence-electron chi connectivity index (χ4n) is 3.63. The van der Waals surface area contributed by atoms with Crippen molar-refractivity contribution in [3.8, 4) is 16.3 Å². The molecule has 0 N–H and O–H groups in total. The normalized spacial score (nSPS) is 14.2. The number of rotatable bonds is 4. The van der Waals surface area contributed by atoms with E-state index in [0.29, 0.717) is 18.8 Å². The van der Waals surface area contributed by atoms with Gasteiger partial charge in [-0.2, -0.15) is 0 Å². The number of ether oxygens (including phenoxy) is 1. The molecule has 0 aliphatic carbocycles. The number of methoxy groups -OCH3 is 1. The quantitative estimate of drug-likeness (QED) is 0.643. The van der Waals surface area contributed by atoms with Gasteiger partial charge in [-0.25, -0.2) is 4.98 Å². The maximum absolute atomic E-state index is 12.9. The van der Waals surface area contributed by atoms with E-state index >= 15 is 0 Å². The van der Waals surface area contributed by atoms with Gasteiger partial charge in [0, 0.05) is 42.8 Å². The molecule has 0 bridgehead atoms. The molecule has 2 heterocycles. The molecule has 3 aromatic rings. The average molecular weight is 408 g/mol. The monoisotopic (exact) mass is 407 g/mol. The number of nitrogens with zero attached hydrogens (tertiary/aromatic N) is 3. The Morgan fingerprint density at radius 2 is 1.76 bits per heavy atom. The van der Waals surface area contributed by atoms with Crippen molar-refractivity contribution in [1.82, 2.24) is 9.88 Å². The molecular weight excluding hydrogens is 382 g/mol. The number of hydrogen-bond acceptors (Lipinski definition) is 5. The maximum atomic E-state index is 12.9. The molecule has 5 nitrogen and oxygen atoms in total. The highest BCUT2D eigenvalue weighted by atomic mass is 32.1. The van der Waals surface area contributed by atoms with Gasteiger partial charge in [0.25, 0.3) is 5.91 Å². The number of piperazine rings is 1. The third kappa shape index (κ3) is 3.98. The first-order valence-electron chi connectivity index (χ1n) is 9.77. The maximum Gasteiger partial charge on any atom is 0.273 e. The molecule has 1 aliphatic rings. The van der Waals surface area contributed by atoms with Gasteiger partial charge in [0.05, 0.1) is 7.11 Å². The number of benzene rings is 2. The van der Waals surface area contributed by atoms with Crippen molar-refractivity contribution in [2.24, 2.45) is 0 Å². The first-order valence-corrected chi connectivity index (χ1v) is 10.6. The van der Waals surface area contributed by atoms with Crippen molar-refractivity contribution in [3.05, 3.63) is 64.7 Å². The lowest BCUT2D eigenvalue weighted by Gasteiger charge is -2.36. The second kappa shape index (κ2) is 8.25. The van der Waals surface area contributed by atoms with Crippen LogP contribution in [-0.2, 0) is 0 Å². The molecule has 0 radical (unpaired) electrons. The summed E-state index contributed by atoms with van der Waals surface area (Å²) in [6, 6.07) is 14.2. The van der Waals surface area contributed by atoms with Gasteiger partial charge in [0.2, 0.25) is 0 Å². The van der Waals surface area contributed by atoms with Gasteiger partial charge < -0.3 is 14.5 Å². The molecule has 150 valence electrons. The summed E-state index contributed by atoms with van der Waals surface area (Å²) in [5.41, 5.74) is 5.41. The van der Waals surface area contributed by atoms with Crippen molar-refractivity contribution >= 4 is 22.9 Å². The van der Waals surface area contributed by atoms with E-state index in [1.807, 2.05) is 34.5 Å². The Balaban J connectivity index is 1.42. The van der Waals surface area contributed by atoms with Crippen LogP contribution in [0.25, 0.3) is 10.6 Å². The summed E-state index contributed by atoms with van der Waals surface area (Å²) in [5, 5.41) is 2.71. The van der Waals surface area contributed by atoms with E-state index in [1.54, 1.807) is 7.11 Å². The fourth-order valence-corrected chi connectivity index (χ4v) is 4.43. The Morgan fingerprint density at radius 3 is 2.45 bits per heavy atom. The van der Waals surface area contributed by atoms with Crippen LogP contribution in [0, 0.1) is 13.8 Å². The molecular formula is C23H25N3O2S. The van der Waals surface area contributed by atoms with Crippen molar-refractivity contribution < 1.29 is 9.53 Å². The van der Waals surface area contributed by atoms with E-state index in [9.17, 15) is 4.79 Å². The molecule has 1 fully saturated rings. The summed E-state index contributed by atoms with van der Waals surface area (Å²) in [6.45, 7) is 7.40. The van der Waals surface area contributed by atoms with Crippen LogP contribution in [0.1, 0.15) is 21.6 Å². The highest BCUT2D eigenvalue weighted by Gasteiger charge is 2.25. The Morgan fingerprint density at radius 1 is 1.03 bits per heavy atom. The van der Waals surface area contributed by atoms with E-state index in [2.05, 4.69) is 41.9 Å². The third-order valence-electron chi connectivity index (χ3n) is 5.54. The highest BCUT2D eigenvalue weighted by Crippen LogP contribution is 2.27. The van der Waals surface area contributed by atoms with E-state index in [1.165, 1.54) is 28.2 Å². The van der Waals surface area contributed by atoms with Gasteiger partial charge in [0.1, 0.15) is 16.5 Å². The van der Waals surface area contributed by atoms with Crippen molar-refractivity contribution in [2.75, 3.05) is 38.2 Å². The highest BCUT2D eigenvalue weighted by molar-refractivity contribution is 7.13. The molecule has 29 heavy (non-hydrogen) atoms. The second-order valence-electron chi connectivity index (χ2n) is 7.26. The van der Waals surface area contributed by atoms with E-state index < -0.39 is 0 Å². The van der Waals surface area contributed by atoms with E-state index in [4.69, 9.17) is 4.74 Å². The summed E-state index contributed by atoms with van der Waals surface area (Å²) >= 11 is 1.50. The van der Waals surface area contributed by atoms with Crippen LogP contribution >= 0.6 is 11.3 Å². The molecule has 2 aromatic carbocycles. The van der Waals surface area contributed by atoms with E-state index in [-0.39, 0.29) is 5.91 Å². The van der Waals surface area contributed by atoms with Crippen LogP contribution in [0.4, 0.5) is 5.69 Å². The Hall–Kier alpha value is -2.86. The molecule has 4 rings (SSSR count). The smallest absolute Gasteiger partial charge is 0.273 e.